The second kappa shape index (κ2) is 9.01. The normalized spacial score (nSPS) is 17.4. The zero-order chi connectivity index (χ0) is 22.0. The van der Waals surface area contributed by atoms with Crippen LogP contribution in [-0.2, 0) is 34.2 Å². The predicted molar refractivity (Wildman–Crippen MR) is 119 cm³/mol. The van der Waals surface area contributed by atoms with Crippen molar-refractivity contribution in [3.8, 4) is 5.75 Å². The molecule has 31 heavy (non-hydrogen) atoms. The molecular weight excluding hydrogens is 412 g/mol. The van der Waals surface area contributed by atoms with Crippen LogP contribution in [0.25, 0.3) is 0 Å². The van der Waals surface area contributed by atoms with Gasteiger partial charge < -0.3 is 9.64 Å². The summed E-state index contributed by atoms with van der Waals surface area (Å²) in [6, 6.07) is 13.2. The Balaban J connectivity index is 1.35. The van der Waals surface area contributed by atoms with E-state index in [1.807, 2.05) is 36.4 Å². The van der Waals surface area contributed by atoms with Gasteiger partial charge >= 0.3 is 0 Å². The van der Waals surface area contributed by atoms with Gasteiger partial charge in [0.15, 0.2) is 0 Å². The van der Waals surface area contributed by atoms with Crippen molar-refractivity contribution >= 4 is 15.9 Å². The van der Waals surface area contributed by atoms with E-state index in [9.17, 15) is 13.2 Å². The van der Waals surface area contributed by atoms with Crippen LogP contribution in [0.2, 0.25) is 0 Å². The van der Waals surface area contributed by atoms with Crippen LogP contribution in [0.4, 0.5) is 0 Å². The van der Waals surface area contributed by atoms with Crippen LogP contribution in [0.1, 0.15) is 36.0 Å². The molecule has 1 saturated heterocycles. The van der Waals surface area contributed by atoms with Gasteiger partial charge in [-0.15, -0.1) is 0 Å². The Bertz CT molecular complexity index is 1040. The second-order valence-corrected chi connectivity index (χ2v) is 10.4. The SMILES string of the molecule is COc1ccc(CN(C)C(=O)C2CCN(S(=O)(=O)c3ccc4c(c3)CCC4)CC2)cc1. The maximum Gasteiger partial charge on any atom is 0.243 e. The van der Waals surface area contributed by atoms with Gasteiger partial charge in [-0.2, -0.15) is 4.31 Å². The number of ether oxygens (including phenoxy) is 1. The Labute approximate surface area is 184 Å². The van der Waals surface area contributed by atoms with E-state index in [-0.39, 0.29) is 11.8 Å². The minimum absolute atomic E-state index is 0.0744. The maximum atomic E-state index is 13.1. The van der Waals surface area contributed by atoms with E-state index in [0.29, 0.717) is 37.4 Å². The van der Waals surface area contributed by atoms with Crippen LogP contribution < -0.4 is 4.74 Å². The summed E-state index contributed by atoms with van der Waals surface area (Å²) in [7, 11) is -0.0793. The number of rotatable bonds is 6. The fraction of sp³-hybridized carbons (Fsp3) is 0.458. The molecular formula is C24H30N2O4S. The fourth-order valence-electron chi connectivity index (χ4n) is 4.60. The van der Waals surface area contributed by atoms with Gasteiger partial charge in [-0.1, -0.05) is 18.2 Å². The quantitative estimate of drug-likeness (QED) is 0.689. The van der Waals surface area contributed by atoms with Crippen molar-refractivity contribution in [1.82, 2.24) is 9.21 Å². The van der Waals surface area contributed by atoms with Crippen molar-refractivity contribution in [3.05, 3.63) is 59.2 Å². The van der Waals surface area contributed by atoms with Crippen LogP contribution in [0, 0.1) is 5.92 Å². The molecule has 0 aromatic heterocycles. The van der Waals surface area contributed by atoms with Crippen LogP contribution in [0.15, 0.2) is 47.4 Å². The van der Waals surface area contributed by atoms with Crippen molar-refractivity contribution in [2.45, 2.75) is 43.5 Å². The van der Waals surface area contributed by atoms with Gasteiger partial charge in [-0.05, 0) is 73.1 Å². The number of sulfonamides is 1. The first-order valence-corrected chi connectivity index (χ1v) is 12.3. The smallest absolute Gasteiger partial charge is 0.243 e. The fourth-order valence-corrected chi connectivity index (χ4v) is 6.12. The third-order valence-electron chi connectivity index (χ3n) is 6.47. The highest BCUT2D eigenvalue weighted by atomic mass is 32.2. The summed E-state index contributed by atoms with van der Waals surface area (Å²) in [5.74, 6) is 0.717. The van der Waals surface area contributed by atoms with Gasteiger partial charge in [0.1, 0.15) is 5.75 Å². The lowest BCUT2D eigenvalue weighted by Gasteiger charge is -2.32. The number of fused-ring (bicyclic) bond motifs is 1. The van der Waals surface area contributed by atoms with Crippen molar-refractivity contribution in [3.63, 3.8) is 0 Å². The highest BCUT2D eigenvalue weighted by Gasteiger charge is 2.33. The van der Waals surface area contributed by atoms with E-state index in [1.54, 1.807) is 25.1 Å². The van der Waals surface area contributed by atoms with Crippen LogP contribution in [0.5, 0.6) is 5.75 Å². The third kappa shape index (κ3) is 4.62. The number of carbonyl (C=O) groups excluding carboxylic acids is 1. The molecule has 2 aliphatic rings. The lowest BCUT2D eigenvalue weighted by Crippen LogP contribution is -2.43. The Kier molecular flexibility index (Phi) is 6.34. The van der Waals surface area contributed by atoms with Gasteiger partial charge in [-0.25, -0.2) is 8.42 Å². The lowest BCUT2D eigenvalue weighted by atomic mass is 9.96. The summed E-state index contributed by atoms with van der Waals surface area (Å²) in [6.45, 7) is 1.29. The van der Waals surface area contributed by atoms with E-state index in [0.717, 1.165) is 36.1 Å². The summed E-state index contributed by atoms with van der Waals surface area (Å²) in [5.41, 5.74) is 3.46. The Hall–Kier alpha value is -2.38. The largest absolute Gasteiger partial charge is 0.497 e. The highest BCUT2D eigenvalue weighted by molar-refractivity contribution is 7.89. The van der Waals surface area contributed by atoms with Crippen molar-refractivity contribution in [1.29, 1.82) is 0 Å². The van der Waals surface area contributed by atoms with E-state index >= 15 is 0 Å². The van der Waals surface area contributed by atoms with Crippen LogP contribution in [-0.4, -0.2) is 50.8 Å². The Morgan fingerprint density at radius 2 is 1.74 bits per heavy atom. The Morgan fingerprint density at radius 1 is 1.06 bits per heavy atom. The monoisotopic (exact) mass is 442 g/mol. The number of carbonyl (C=O) groups is 1. The molecule has 0 spiro atoms. The first-order valence-electron chi connectivity index (χ1n) is 10.9. The van der Waals surface area contributed by atoms with Gasteiger partial charge in [0.25, 0.3) is 0 Å². The number of nitrogens with zero attached hydrogens (tertiary/aromatic N) is 2. The molecule has 1 aliphatic carbocycles. The molecule has 166 valence electrons. The van der Waals surface area contributed by atoms with Gasteiger partial charge in [0.2, 0.25) is 15.9 Å². The summed E-state index contributed by atoms with van der Waals surface area (Å²) >= 11 is 0. The number of methoxy groups -OCH3 is 1. The van der Waals surface area contributed by atoms with Crippen LogP contribution in [0.3, 0.4) is 0 Å². The topological polar surface area (TPSA) is 66.9 Å². The molecule has 1 heterocycles. The van der Waals surface area contributed by atoms with Gasteiger partial charge in [-0.3, -0.25) is 4.79 Å². The molecule has 0 atom stereocenters. The molecule has 7 heteroatoms. The van der Waals surface area contributed by atoms with Crippen molar-refractivity contribution in [2.24, 2.45) is 5.92 Å². The molecule has 0 N–H and O–H groups in total. The number of hydrogen-bond donors (Lipinski definition) is 0. The summed E-state index contributed by atoms with van der Waals surface area (Å²) < 4.78 is 32.9. The van der Waals surface area contributed by atoms with Crippen molar-refractivity contribution < 1.29 is 17.9 Å². The average Bonchev–Trinajstić information content (AvgIpc) is 3.27. The summed E-state index contributed by atoms with van der Waals surface area (Å²) in [4.78, 5) is 15.0. The number of hydrogen-bond acceptors (Lipinski definition) is 4. The number of benzene rings is 2. The van der Waals surface area contributed by atoms with E-state index in [4.69, 9.17) is 4.74 Å². The van der Waals surface area contributed by atoms with E-state index in [2.05, 4.69) is 0 Å². The molecule has 2 aromatic rings. The lowest BCUT2D eigenvalue weighted by molar-refractivity contribution is -0.135. The summed E-state index contributed by atoms with van der Waals surface area (Å²) in [6.07, 6.45) is 4.19. The molecule has 0 unspecified atom stereocenters. The molecule has 1 fully saturated rings. The van der Waals surface area contributed by atoms with Gasteiger partial charge in [0, 0.05) is 32.6 Å². The molecule has 0 saturated carbocycles. The number of piperidine rings is 1. The molecule has 0 radical (unpaired) electrons. The minimum Gasteiger partial charge on any atom is -0.497 e. The second-order valence-electron chi connectivity index (χ2n) is 8.50. The highest BCUT2D eigenvalue weighted by Crippen LogP contribution is 2.29. The Morgan fingerprint density at radius 3 is 2.42 bits per heavy atom. The summed E-state index contributed by atoms with van der Waals surface area (Å²) in [5, 5.41) is 0. The molecule has 1 amide bonds. The molecule has 1 aliphatic heterocycles. The van der Waals surface area contributed by atoms with Crippen molar-refractivity contribution in [2.75, 3.05) is 27.2 Å². The van der Waals surface area contributed by atoms with E-state index < -0.39 is 10.0 Å². The molecule has 4 rings (SSSR count). The first-order chi connectivity index (χ1) is 14.9. The van der Waals surface area contributed by atoms with Crippen LogP contribution >= 0.6 is 0 Å². The third-order valence-corrected chi connectivity index (χ3v) is 8.36. The predicted octanol–water partition coefficient (Wildman–Crippen LogP) is 3.24. The maximum absolute atomic E-state index is 13.1. The van der Waals surface area contributed by atoms with E-state index in [1.165, 1.54) is 9.87 Å². The molecule has 6 nitrogen and oxygen atoms in total. The standard InChI is InChI=1S/C24H30N2O4S/c1-25(17-18-6-9-22(30-2)10-7-18)24(27)20-12-14-26(15-13-20)31(28,29)23-11-8-19-4-3-5-21(19)16-23/h6-11,16,20H,3-5,12-15,17H2,1-2H3. The molecule has 2 aromatic carbocycles. The molecule has 0 bridgehead atoms. The van der Waals surface area contributed by atoms with Gasteiger partial charge in [0.05, 0.1) is 12.0 Å². The zero-order valence-electron chi connectivity index (χ0n) is 18.2. The zero-order valence-corrected chi connectivity index (χ0v) is 19.0. The minimum atomic E-state index is -3.51. The average molecular weight is 443 g/mol. The number of aryl methyl sites for hydroxylation is 2. The number of amides is 1. The first kappa shape index (κ1) is 21.8.